The number of benzene rings is 2. The first-order valence-corrected chi connectivity index (χ1v) is 8.57. The van der Waals surface area contributed by atoms with E-state index in [1.165, 1.54) is 35.3 Å². The molecule has 9 nitrogen and oxygen atoms in total. The molecule has 0 aliphatic carbocycles. The summed E-state index contributed by atoms with van der Waals surface area (Å²) in [5.74, 6) is -6.26. The average Bonchev–Trinajstić information content (AvgIpc) is 3.19. The third-order valence-corrected chi connectivity index (χ3v) is 4.60. The predicted molar refractivity (Wildman–Crippen MR) is 83.3 cm³/mol. The Morgan fingerprint density at radius 2 is 1.70 bits per heavy atom. The summed E-state index contributed by atoms with van der Waals surface area (Å²) in [7, 11) is -4.67. The van der Waals surface area contributed by atoms with Crippen LogP contribution in [0.4, 0.5) is 13.2 Å². The molecule has 0 saturated carbocycles. The van der Waals surface area contributed by atoms with Crippen LogP contribution in [0.2, 0.25) is 0 Å². The van der Waals surface area contributed by atoms with Crippen LogP contribution in [0, 0.1) is 17.5 Å². The fraction of sp³-hybridized carbons (Fsp3) is 0. The second-order valence-electron chi connectivity index (χ2n) is 5.03. The topological polar surface area (TPSA) is 119 Å². The summed E-state index contributed by atoms with van der Waals surface area (Å²) in [6.07, 6.45) is 1.33. The molecule has 0 radical (unpaired) electrons. The molecule has 2 N–H and O–H groups in total. The first kappa shape index (κ1) is 18.5. The van der Waals surface area contributed by atoms with Gasteiger partial charge in [-0.1, -0.05) is 0 Å². The lowest BCUT2D eigenvalue weighted by molar-refractivity contribution is 0.0945. The highest BCUT2D eigenvalue weighted by Crippen LogP contribution is 2.19. The van der Waals surface area contributed by atoms with Gasteiger partial charge in [0, 0.05) is 5.56 Å². The number of nitrogens with zero attached hydrogens (tertiary/aromatic N) is 4. The van der Waals surface area contributed by atoms with E-state index in [4.69, 9.17) is 0 Å². The normalized spacial score (nSPS) is 11.4. The van der Waals surface area contributed by atoms with Gasteiger partial charge in [0.2, 0.25) is 0 Å². The molecule has 1 heterocycles. The minimum atomic E-state index is -4.67. The van der Waals surface area contributed by atoms with Crippen LogP contribution in [0.25, 0.3) is 5.69 Å². The number of sulfonamides is 1. The monoisotopic (exact) mass is 398 g/mol. The van der Waals surface area contributed by atoms with Gasteiger partial charge in [-0.2, -0.15) is 0 Å². The standard InChI is InChI=1S/C14H9F3N6O3S/c15-10-5-6-11(13(17)12(10)16)27(25,26)22-19-14(24)8-1-3-9(4-2-8)23-7-18-20-21-23/h1-7,22H,(H,19,24). The summed E-state index contributed by atoms with van der Waals surface area (Å²) < 4.78 is 65.0. The van der Waals surface area contributed by atoms with E-state index < -0.39 is 38.3 Å². The Labute approximate surface area is 149 Å². The predicted octanol–water partition coefficient (Wildman–Crippen LogP) is 0.703. The second kappa shape index (κ2) is 7.13. The van der Waals surface area contributed by atoms with Crippen molar-refractivity contribution in [3.8, 4) is 5.69 Å². The second-order valence-corrected chi connectivity index (χ2v) is 6.69. The van der Waals surface area contributed by atoms with Crippen molar-refractivity contribution >= 4 is 15.9 Å². The van der Waals surface area contributed by atoms with Crippen molar-refractivity contribution in [1.82, 2.24) is 30.5 Å². The third-order valence-electron chi connectivity index (χ3n) is 3.33. The van der Waals surface area contributed by atoms with Crippen LogP contribution >= 0.6 is 0 Å². The number of halogens is 3. The molecule has 0 atom stereocenters. The van der Waals surface area contributed by atoms with Gasteiger partial charge < -0.3 is 0 Å². The number of hydrogen-bond acceptors (Lipinski definition) is 6. The van der Waals surface area contributed by atoms with Crippen molar-refractivity contribution in [2.45, 2.75) is 4.90 Å². The molecular formula is C14H9F3N6O3S. The highest BCUT2D eigenvalue weighted by molar-refractivity contribution is 7.89. The van der Waals surface area contributed by atoms with E-state index in [0.717, 1.165) is 0 Å². The summed E-state index contributed by atoms with van der Waals surface area (Å²) in [6, 6.07) is 6.69. The van der Waals surface area contributed by atoms with Crippen LogP contribution in [0.5, 0.6) is 0 Å². The molecule has 0 spiro atoms. The molecule has 1 aromatic heterocycles. The Hall–Kier alpha value is -3.32. The number of aromatic nitrogens is 4. The number of amides is 1. The SMILES string of the molecule is O=C(NNS(=O)(=O)c1ccc(F)c(F)c1F)c1ccc(-n2cnnn2)cc1. The fourth-order valence-corrected chi connectivity index (χ4v) is 2.91. The number of carbonyl (C=O) groups excluding carboxylic acids is 1. The van der Waals surface area contributed by atoms with Gasteiger partial charge in [0.25, 0.3) is 15.9 Å². The summed E-state index contributed by atoms with van der Waals surface area (Å²) in [4.78, 5) is 12.5. The van der Waals surface area contributed by atoms with Gasteiger partial charge in [0.1, 0.15) is 11.2 Å². The van der Waals surface area contributed by atoms with Crippen LogP contribution < -0.4 is 10.3 Å². The van der Waals surface area contributed by atoms with Gasteiger partial charge >= 0.3 is 0 Å². The number of carbonyl (C=O) groups is 1. The molecule has 0 unspecified atom stereocenters. The number of hydrazine groups is 1. The molecule has 0 aliphatic rings. The third kappa shape index (κ3) is 3.78. The summed E-state index contributed by atoms with van der Waals surface area (Å²) in [5, 5.41) is 10.6. The van der Waals surface area contributed by atoms with Crippen molar-refractivity contribution < 1.29 is 26.4 Å². The molecule has 13 heteroatoms. The van der Waals surface area contributed by atoms with Gasteiger partial charge in [-0.15, -0.1) is 9.93 Å². The first-order valence-electron chi connectivity index (χ1n) is 7.08. The zero-order chi connectivity index (χ0) is 19.6. The van der Waals surface area contributed by atoms with E-state index in [0.29, 0.717) is 17.8 Å². The highest BCUT2D eigenvalue weighted by Gasteiger charge is 2.24. The molecule has 140 valence electrons. The minimum Gasteiger partial charge on any atom is -0.273 e. The summed E-state index contributed by atoms with van der Waals surface area (Å²) in [5.41, 5.74) is 2.44. The van der Waals surface area contributed by atoms with Crippen LogP contribution in [0.1, 0.15) is 10.4 Å². The smallest absolute Gasteiger partial charge is 0.266 e. The van der Waals surface area contributed by atoms with E-state index in [1.807, 2.05) is 5.43 Å². The molecule has 0 saturated heterocycles. The Bertz CT molecular complexity index is 1090. The lowest BCUT2D eigenvalue weighted by Crippen LogP contribution is -2.41. The summed E-state index contributed by atoms with van der Waals surface area (Å²) in [6.45, 7) is 0. The maximum atomic E-state index is 13.6. The van der Waals surface area contributed by atoms with E-state index >= 15 is 0 Å². The molecule has 3 rings (SSSR count). The Balaban J connectivity index is 1.72. The van der Waals surface area contributed by atoms with Crippen molar-refractivity contribution in [2.75, 3.05) is 0 Å². The van der Waals surface area contributed by atoms with Gasteiger partial charge in [0.15, 0.2) is 17.5 Å². The number of nitrogens with one attached hydrogen (secondary N) is 2. The average molecular weight is 398 g/mol. The van der Waals surface area contributed by atoms with E-state index in [2.05, 4.69) is 15.5 Å². The molecule has 27 heavy (non-hydrogen) atoms. The molecule has 1 amide bonds. The summed E-state index contributed by atoms with van der Waals surface area (Å²) >= 11 is 0. The molecule has 3 aromatic rings. The number of hydrogen-bond donors (Lipinski definition) is 2. The number of rotatable bonds is 5. The first-order chi connectivity index (χ1) is 12.8. The Morgan fingerprint density at radius 3 is 2.33 bits per heavy atom. The zero-order valence-corrected chi connectivity index (χ0v) is 13.9. The van der Waals surface area contributed by atoms with Gasteiger partial charge in [-0.25, -0.2) is 26.3 Å². The Kier molecular flexibility index (Phi) is 4.87. The van der Waals surface area contributed by atoms with Crippen molar-refractivity contribution in [3.63, 3.8) is 0 Å². The van der Waals surface area contributed by atoms with E-state index in [9.17, 15) is 26.4 Å². The largest absolute Gasteiger partial charge is 0.273 e. The maximum Gasteiger partial charge on any atom is 0.266 e. The fourth-order valence-electron chi connectivity index (χ4n) is 2.00. The van der Waals surface area contributed by atoms with E-state index in [1.54, 1.807) is 4.83 Å². The van der Waals surface area contributed by atoms with Crippen LogP contribution in [-0.2, 0) is 10.0 Å². The van der Waals surface area contributed by atoms with E-state index in [-0.39, 0.29) is 5.56 Å². The maximum absolute atomic E-state index is 13.6. The van der Waals surface area contributed by atoms with Gasteiger partial charge in [-0.05, 0) is 46.8 Å². The zero-order valence-electron chi connectivity index (χ0n) is 13.1. The lowest BCUT2D eigenvalue weighted by Gasteiger charge is -2.10. The van der Waals surface area contributed by atoms with Crippen molar-refractivity contribution in [1.29, 1.82) is 0 Å². The van der Waals surface area contributed by atoms with Gasteiger partial charge in [0.05, 0.1) is 5.69 Å². The minimum absolute atomic E-state index is 0.0558. The quantitative estimate of drug-likeness (QED) is 0.483. The van der Waals surface area contributed by atoms with Crippen LogP contribution in [-0.4, -0.2) is 34.5 Å². The molecule has 0 fully saturated rings. The molecular weight excluding hydrogens is 389 g/mol. The molecule has 0 bridgehead atoms. The molecule has 0 aliphatic heterocycles. The van der Waals surface area contributed by atoms with Gasteiger partial charge in [-0.3, -0.25) is 10.2 Å². The van der Waals surface area contributed by atoms with Crippen LogP contribution in [0.3, 0.4) is 0 Å². The van der Waals surface area contributed by atoms with Crippen molar-refractivity contribution in [3.05, 3.63) is 65.7 Å². The van der Waals surface area contributed by atoms with Crippen molar-refractivity contribution in [2.24, 2.45) is 0 Å². The lowest BCUT2D eigenvalue weighted by atomic mass is 10.2. The highest BCUT2D eigenvalue weighted by atomic mass is 32.2. The number of tetrazole rings is 1. The Morgan fingerprint density at radius 1 is 1.00 bits per heavy atom. The molecule has 2 aromatic carbocycles. The van der Waals surface area contributed by atoms with Crippen LogP contribution in [0.15, 0.2) is 47.6 Å².